The summed E-state index contributed by atoms with van der Waals surface area (Å²) in [6.45, 7) is 0.0412. The Hall–Kier alpha value is -2.40. The molecule has 4 nitrogen and oxygen atoms in total. The van der Waals surface area contributed by atoms with Crippen molar-refractivity contribution in [3.8, 4) is 5.75 Å². The molecule has 0 bridgehead atoms. The fourth-order valence-electron chi connectivity index (χ4n) is 3.25. The zero-order valence-electron chi connectivity index (χ0n) is 13.5. The van der Waals surface area contributed by atoms with E-state index in [0.717, 1.165) is 24.0 Å². The lowest BCUT2D eigenvalue weighted by atomic mass is 9.79. The maximum Gasteiger partial charge on any atom is 0.254 e. The third-order valence-corrected chi connectivity index (χ3v) is 4.52. The van der Waals surface area contributed by atoms with Gasteiger partial charge in [0.2, 0.25) is 0 Å². The topological polar surface area (TPSA) is 58.6 Å². The number of amides is 1. The van der Waals surface area contributed by atoms with Crippen molar-refractivity contribution in [1.29, 1.82) is 0 Å². The van der Waals surface area contributed by atoms with Gasteiger partial charge in [0.15, 0.2) is 11.6 Å². The predicted molar refractivity (Wildman–Crippen MR) is 88.6 cm³/mol. The Morgan fingerprint density at radius 3 is 2.88 bits per heavy atom. The van der Waals surface area contributed by atoms with Crippen molar-refractivity contribution >= 4 is 5.91 Å². The van der Waals surface area contributed by atoms with Crippen LogP contribution in [0.1, 0.15) is 34.3 Å². The SMILES string of the molecule is COc1cccc(C(=O)NCC2(O)CCCc3ccccc32)c1F. The zero-order valence-corrected chi connectivity index (χ0v) is 13.5. The minimum absolute atomic E-state index is 0.0179. The molecule has 2 aromatic carbocycles. The molecular weight excluding hydrogens is 309 g/mol. The Kier molecular flexibility index (Phi) is 4.53. The molecule has 0 radical (unpaired) electrons. The van der Waals surface area contributed by atoms with E-state index in [4.69, 9.17) is 4.74 Å². The average molecular weight is 329 g/mol. The summed E-state index contributed by atoms with van der Waals surface area (Å²) in [5, 5.41) is 13.6. The number of carbonyl (C=O) groups is 1. The van der Waals surface area contributed by atoms with Crippen LogP contribution in [0.3, 0.4) is 0 Å². The highest BCUT2D eigenvalue weighted by Crippen LogP contribution is 2.34. The van der Waals surface area contributed by atoms with Gasteiger partial charge in [0, 0.05) is 0 Å². The number of carbonyl (C=O) groups excluding carboxylic acids is 1. The number of fused-ring (bicyclic) bond motifs is 1. The second-order valence-electron chi connectivity index (χ2n) is 6.05. The van der Waals surface area contributed by atoms with Crippen molar-refractivity contribution in [3.05, 3.63) is 65.0 Å². The quantitative estimate of drug-likeness (QED) is 0.907. The zero-order chi connectivity index (χ0) is 17.2. The molecule has 2 aromatic rings. The number of hydrogen-bond acceptors (Lipinski definition) is 3. The van der Waals surface area contributed by atoms with E-state index in [2.05, 4.69) is 5.32 Å². The van der Waals surface area contributed by atoms with Gasteiger partial charge in [-0.2, -0.15) is 0 Å². The highest BCUT2D eigenvalue weighted by molar-refractivity contribution is 5.95. The molecule has 0 saturated heterocycles. The number of ether oxygens (including phenoxy) is 1. The number of nitrogens with one attached hydrogen (secondary N) is 1. The van der Waals surface area contributed by atoms with Gasteiger partial charge in [-0.05, 0) is 42.5 Å². The van der Waals surface area contributed by atoms with Crippen molar-refractivity contribution in [2.24, 2.45) is 0 Å². The Bertz CT molecular complexity index is 762. The van der Waals surface area contributed by atoms with Crippen LogP contribution >= 0.6 is 0 Å². The van der Waals surface area contributed by atoms with Crippen molar-refractivity contribution in [3.63, 3.8) is 0 Å². The van der Waals surface area contributed by atoms with Gasteiger partial charge in [0.25, 0.3) is 5.91 Å². The summed E-state index contributed by atoms with van der Waals surface area (Å²) >= 11 is 0. The van der Waals surface area contributed by atoms with Crippen LogP contribution in [0.2, 0.25) is 0 Å². The van der Waals surface area contributed by atoms with E-state index in [1.807, 2.05) is 24.3 Å². The molecule has 24 heavy (non-hydrogen) atoms. The first-order valence-corrected chi connectivity index (χ1v) is 7.96. The van der Waals surface area contributed by atoms with Crippen LogP contribution in [0.15, 0.2) is 42.5 Å². The minimum Gasteiger partial charge on any atom is -0.494 e. The van der Waals surface area contributed by atoms with Crippen LogP contribution in [0.4, 0.5) is 4.39 Å². The molecule has 0 saturated carbocycles. The fraction of sp³-hybridized carbons (Fsp3) is 0.316. The largest absolute Gasteiger partial charge is 0.494 e. The first kappa shape index (κ1) is 16.5. The Balaban J connectivity index is 1.78. The van der Waals surface area contributed by atoms with Gasteiger partial charge in [0.05, 0.1) is 19.2 Å². The molecule has 1 aliphatic carbocycles. The lowest BCUT2D eigenvalue weighted by Gasteiger charge is -2.34. The maximum atomic E-state index is 14.2. The van der Waals surface area contributed by atoms with Crippen LogP contribution in [0.5, 0.6) is 5.75 Å². The van der Waals surface area contributed by atoms with E-state index in [0.29, 0.717) is 6.42 Å². The summed E-state index contributed by atoms with van der Waals surface area (Å²) in [5.41, 5.74) is 0.706. The second kappa shape index (κ2) is 6.61. The molecule has 0 aromatic heterocycles. The summed E-state index contributed by atoms with van der Waals surface area (Å²) in [7, 11) is 1.35. The van der Waals surface area contributed by atoms with E-state index in [1.54, 1.807) is 6.07 Å². The summed E-state index contributed by atoms with van der Waals surface area (Å²) in [4.78, 5) is 12.3. The van der Waals surface area contributed by atoms with E-state index in [-0.39, 0.29) is 17.9 Å². The van der Waals surface area contributed by atoms with Crippen molar-refractivity contribution in [1.82, 2.24) is 5.32 Å². The van der Waals surface area contributed by atoms with Gasteiger partial charge >= 0.3 is 0 Å². The Labute approximate surface area is 140 Å². The number of hydrogen-bond donors (Lipinski definition) is 2. The summed E-state index contributed by atoms with van der Waals surface area (Å²) in [6, 6.07) is 12.1. The highest BCUT2D eigenvalue weighted by atomic mass is 19.1. The molecule has 3 rings (SSSR count). The monoisotopic (exact) mass is 329 g/mol. The van der Waals surface area contributed by atoms with Crippen LogP contribution < -0.4 is 10.1 Å². The summed E-state index contributed by atoms with van der Waals surface area (Å²) in [5.74, 6) is -1.25. The van der Waals surface area contributed by atoms with Crippen LogP contribution in [0, 0.1) is 5.82 Å². The molecule has 5 heteroatoms. The standard InChI is InChI=1S/C19H20FNO3/c1-24-16-10-4-8-14(17(16)20)18(22)21-12-19(23)11-5-7-13-6-2-3-9-15(13)19/h2-4,6,8-10,23H,5,7,11-12H2,1H3,(H,21,22). The normalized spacial score (nSPS) is 19.5. The Morgan fingerprint density at radius 1 is 1.29 bits per heavy atom. The van der Waals surface area contributed by atoms with Gasteiger partial charge in [-0.1, -0.05) is 30.3 Å². The van der Waals surface area contributed by atoms with E-state index in [1.165, 1.54) is 19.2 Å². The fourth-order valence-corrected chi connectivity index (χ4v) is 3.25. The number of methoxy groups -OCH3 is 1. The average Bonchev–Trinajstić information content (AvgIpc) is 2.60. The highest BCUT2D eigenvalue weighted by Gasteiger charge is 2.34. The molecule has 126 valence electrons. The molecule has 0 fully saturated rings. The smallest absolute Gasteiger partial charge is 0.254 e. The lowest BCUT2D eigenvalue weighted by Crippen LogP contribution is -2.43. The van der Waals surface area contributed by atoms with Gasteiger partial charge in [-0.15, -0.1) is 0 Å². The predicted octanol–water partition coefficient (Wildman–Crippen LogP) is 2.79. The minimum atomic E-state index is -1.13. The molecule has 1 atom stereocenters. The van der Waals surface area contributed by atoms with Gasteiger partial charge in [0.1, 0.15) is 5.60 Å². The van der Waals surface area contributed by atoms with E-state index in [9.17, 15) is 14.3 Å². The van der Waals surface area contributed by atoms with Crippen molar-refractivity contribution in [2.75, 3.05) is 13.7 Å². The van der Waals surface area contributed by atoms with Crippen LogP contribution in [-0.4, -0.2) is 24.7 Å². The molecule has 2 N–H and O–H groups in total. The molecule has 1 aliphatic rings. The molecule has 0 spiro atoms. The number of rotatable bonds is 4. The Morgan fingerprint density at radius 2 is 2.08 bits per heavy atom. The first-order valence-electron chi connectivity index (χ1n) is 7.96. The maximum absolute atomic E-state index is 14.2. The third-order valence-electron chi connectivity index (χ3n) is 4.52. The number of halogens is 1. The molecule has 1 unspecified atom stereocenters. The molecule has 0 heterocycles. The van der Waals surface area contributed by atoms with Gasteiger partial charge in [-0.3, -0.25) is 4.79 Å². The number of benzene rings is 2. The summed E-state index contributed by atoms with van der Waals surface area (Å²) in [6.07, 6.45) is 2.32. The summed E-state index contributed by atoms with van der Waals surface area (Å²) < 4.78 is 19.1. The third kappa shape index (κ3) is 2.99. The molecule has 0 aliphatic heterocycles. The second-order valence-corrected chi connectivity index (χ2v) is 6.05. The first-order chi connectivity index (χ1) is 11.5. The van der Waals surface area contributed by atoms with Crippen molar-refractivity contribution in [2.45, 2.75) is 24.9 Å². The molecular formula is C19H20FNO3. The van der Waals surface area contributed by atoms with Gasteiger partial charge in [-0.25, -0.2) is 4.39 Å². The number of aliphatic hydroxyl groups is 1. The van der Waals surface area contributed by atoms with Crippen LogP contribution in [0.25, 0.3) is 0 Å². The van der Waals surface area contributed by atoms with E-state index >= 15 is 0 Å². The van der Waals surface area contributed by atoms with Gasteiger partial charge < -0.3 is 15.2 Å². The van der Waals surface area contributed by atoms with Crippen molar-refractivity contribution < 1.29 is 19.0 Å². The lowest BCUT2D eigenvalue weighted by molar-refractivity contribution is 0.0189. The molecule has 1 amide bonds. The van der Waals surface area contributed by atoms with E-state index < -0.39 is 17.3 Å². The van der Waals surface area contributed by atoms with Crippen LogP contribution in [-0.2, 0) is 12.0 Å². The number of aryl methyl sites for hydroxylation is 1.